The van der Waals surface area contributed by atoms with Crippen molar-refractivity contribution in [3.8, 4) is 0 Å². The minimum Gasteiger partial charge on any atom is -0.356 e. The monoisotopic (exact) mass is 296 g/mol. The fourth-order valence-corrected chi connectivity index (χ4v) is 3.42. The first kappa shape index (κ1) is 16.7. The maximum absolute atomic E-state index is 12.0. The molecule has 3 N–H and O–H groups in total. The second kappa shape index (κ2) is 8.11. The molecule has 1 amide bonds. The Labute approximate surface area is 129 Å². The molecule has 0 spiro atoms. The van der Waals surface area contributed by atoms with E-state index in [1.807, 2.05) is 0 Å². The molecule has 5 nitrogen and oxygen atoms in total. The van der Waals surface area contributed by atoms with Gasteiger partial charge in [0.05, 0.1) is 0 Å². The standard InChI is InChI=1S/C16H32N4O/c1-19-10-12-20(13-11-19)9-5-8-18-15(21)14-16(17)6-3-2-4-7-16/h2-14,17H2,1H3,(H,18,21). The number of carbonyl (C=O) groups is 1. The zero-order valence-electron chi connectivity index (χ0n) is 13.6. The van der Waals surface area contributed by atoms with Gasteiger partial charge in [-0.3, -0.25) is 4.79 Å². The molecule has 122 valence electrons. The van der Waals surface area contributed by atoms with Gasteiger partial charge in [0.1, 0.15) is 0 Å². The maximum atomic E-state index is 12.0. The molecule has 1 aliphatic heterocycles. The van der Waals surface area contributed by atoms with E-state index in [0.29, 0.717) is 6.42 Å². The first-order valence-electron chi connectivity index (χ1n) is 8.54. The van der Waals surface area contributed by atoms with E-state index in [1.165, 1.54) is 19.3 Å². The van der Waals surface area contributed by atoms with Crippen molar-refractivity contribution < 1.29 is 4.79 Å². The van der Waals surface area contributed by atoms with E-state index < -0.39 is 0 Å². The molecule has 0 aromatic heterocycles. The van der Waals surface area contributed by atoms with E-state index in [0.717, 1.165) is 58.5 Å². The van der Waals surface area contributed by atoms with Crippen molar-refractivity contribution in [3.63, 3.8) is 0 Å². The average molecular weight is 296 g/mol. The van der Waals surface area contributed by atoms with Crippen LogP contribution < -0.4 is 11.1 Å². The predicted molar refractivity (Wildman–Crippen MR) is 86.2 cm³/mol. The number of nitrogens with zero attached hydrogens (tertiary/aromatic N) is 2. The van der Waals surface area contributed by atoms with E-state index in [1.54, 1.807) is 0 Å². The smallest absolute Gasteiger partial charge is 0.221 e. The number of piperazine rings is 1. The van der Waals surface area contributed by atoms with Gasteiger partial charge in [-0.2, -0.15) is 0 Å². The third-order valence-corrected chi connectivity index (χ3v) is 4.93. The minimum atomic E-state index is -0.236. The van der Waals surface area contributed by atoms with Crippen LogP contribution in [0.3, 0.4) is 0 Å². The van der Waals surface area contributed by atoms with Gasteiger partial charge in [-0.05, 0) is 32.9 Å². The van der Waals surface area contributed by atoms with Gasteiger partial charge >= 0.3 is 0 Å². The van der Waals surface area contributed by atoms with Crippen LogP contribution in [0.5, 0.6) is 0 Å². The van der Waals surface area contributed by atoms with Crippen LogP contribution >= 0.6 is 0 Å². The summed E-state index contributed by atoms with van der Waals surface area (Å²) in [5.41, 5.74) is 6.08. The molecule has 2 aliphatic rings. The number of hydrogen-bond donors (Lipinski definition) is 2. The Kier molecular flexibility index (Phi) is 6.45. The highest BCUT2D eigenvalue weighted by Gasteiger charge is 2.29. The Morgan fingerprint density at radius 1 is 1.14 bits per heavy atom. The van der Waals surface area contributed by atoms with Crippen LogP contribution in [0.25, 0.3) is 0 Å². The molecule has 0 unspecified atom stereocenters. The lowest BCUT2D eigenvalue weighted by Crippen LogP contribution is -2.47. The summed E-state index contributed by atoms with van der Waals surface area (Å²) < 4.78 is 0. The first-order chi connectivity index (χ1) is 10.1. The average Bonchev–Trinajstić information content (AvgIpc) is 2.46. The summed E-state index contributed by atoms with van der Waals surface area (Å²) in [4.78, 5) is 16.8. The molecule has 5 heteroatoms. The van der Waals surface area contributed by atoms with Gasteiger partial charge in [-0.25, -0.2) is 0 Å². The Bertz CT molecular complexity index is 320. The lowest BCUT2D eigenvalue weighted by Gasteiger charge is -2.33. The van der Waals surface area contributed by atoms with Gasteiger partial charge in [0.2, 0.25) is 5.91 Å². The summed E-state index contributed by atoms with van der Waals surface area (Å²) >= 11 is 0. The van der Waals surface area contributed by atoms with Crippen molar-refractivity contribution in [3.05, 3.63) is 0 Å². The lowest BCUT2D eigenvalue weighted by molar-refractivity contribution is -0.122. The molecule has 2 fully saturated rings. The van der Waals surface area contributed by atoms with E-state index in [4.69, 9.17) is 5.73 Å². The predicted octanol–water partition coefficient (Wildman–Crippen LogP) is 0.792. The highest BCUT2D eigenvalue weighted by Crippen LogP contribution is 2.28. The van der Waals surface area contributed by atoms with Gasteiger partial charge < -0.3 is 20.9 Å². The molecule has 0 aromatic carbocycles. The van der Waals surface area contributed by atoms with Crippen molar-refractivity contribution >= 4 is 5.91 Å². The van der Waals surface area contributed by atoms with Crippen LogP contribution in [-0.2, 0) is 4.79 Å². The molecule has 21 heavy (non-hydrogen) atoms. The summed E-state index contributed by atoms with van der Waals surface area (Å²) in [5, 5.41) is 3.05. The first-order valence-corrected chi connectivity index (χ1v) is 8.54. The molecule has 1 heterocycles. The third-order valence-electron chi connectivity index (χ3n) is 4.93. The third kappa shape index (κ3) is 5.93. The second-order valence-electron chi connectivity index (χ2n) is 6.95. The van der Waals surface area contributed by atoms with Crippen LogP contribution in [0.2, 0.25) is 0 Å². The fourth-order valence-electron chi connectivity index (χ4n) is 3.42. The number of amides is 1. The highest BCUT2D eigenvalue weighted by molar-refractivity contribution is 5.77. The van der Waals surface area contributed by atoms with Crippen LogP contribution in [0.4, 0.5) is 0 Å². The van der Waals surface area contributed by atoms with Crippen LogP contribution in [0.1, 0.15) is 44.9 Å². The fraction of sp³-hybridized carbons (Fsp3) is 0.938. The summed E-state index contributed by atoms with van der Waals surface area (Å²) in [5.74, 6) is 0.137. The molecule has 0 aromatic rings. The summed E-state index contributed by atoms with van der Waals surface area (Å²) in [6, 6.07) is 0. The van der Waals surface area contributed by atoms with Gasteiger partial charge in [0, 0.05) is 44.7 Å². The summed E-state index contributed by atoms with van der Waals surface area (Å²) in [7, 11) is 2.17. The van der Waals surface area contributed by atoms with Crippen molar-refractivity contribution in [2.75, 3.05) is 46.3 Å². The maximum Gasteiger partial charge on any atom is 0.221 e. The highest BCUT2D eigenvalue weighted by atomic mass is 16.1. The SMILES string of the molecule is CN1CCN(CCCNC(=O)CC2(N)CCCCC2)CC1. The molecule has 1 saturated heterocycles. The second-order valence-corrected chi connectivity index (χ2v) is 6.95. The van der Waals surface area contributed by atoms with Crippen molar-refractivity contribution in [2.24, 2.45) is 5.73 Å². The Hall–Kier alpha value is -0.650. The van der Waals surface area contributed by atoms with Crippen molar-refractivity contribution in [1.82, 2.24) is 15.1 Å². The van der Waals surface area contributed by atoms with Crippen LogP contribution in [0, 0.1) is 0 Å². The number of nitrogens with one attached hydrogen (secondary N) is 1. The van der Waals surface area contributed by atoms with E-state index in [2.05, 4.69) is 22.2 Å². The van der Waals surface area contributed by atoms with Crippen LogP contribution in [-0.4, -0.2) is 67.6 Å². The number of likely N-dealkylation sites (N-methyl/N-ethyl adjacent to an activating group) is 1. The number of hydrogen-bond acceptors (Lipinski definition) is 4. The molecule has 1 saturated carbocycles. The normalized spacial score (nSPS) is 23.9. The molecular formula is C16H32N4O. The van der Waals surface area contributed by atoms with Gasteiger partial charge in [-0.15, -0.1) is 0 Å². The van der Waals surface area contributed by atoms with Gasteiger partial charge in [-0.1, -0.05) is 19.3 Å². The molecule has 2 rings (SSSR count). The minimum absolute atomic E-state index is 0.137. The van der Waals surface area contributed by atoms with Gasteiger partial charge in [0.15, 0.2) is 0 Å². The summed E-state index contributed by atoms with van der Waals surface area (Å²) in [6.45, 7) is 6.47. The van der Waals surface area contributed by atoms with Crippen LogP contribution in [0.15, 0.2) is 0 Å². The zero-order chi connectivity index (χ0) is 15.1. The summed E-state index contributed by atoms with van der Waals surface area (Å²) in [6.07, 6.45) is 7.16. The number of nitrogens with two attached hydrogens (primary N) is 1. The Balaban J connectivity index is 1.55. The number of rotatable bonds is 6. The Morgan fingerprint density at radius 2 is 1.81 bits per heavy atom. The van der Waals surface area contributed by atoms with Crippen molar-refractivity contribution in [1.29, 1.82) is 0 Å². The lowest BCUT2D eigenvalue weighted by atomic mass is 9.80. The topological polar surface area (TPSA) is 61.6 Å². The molecule has 1 aliphatic carbocycles. The molecule has 0 radical (unpaired) electrons. The molecule has 0 bridgehead atoms. The largest absolute Gasteiger partial charge is 0.356 e. The van der Waals surface area contributed by atoms with Crippen molar-refractivity contribution in [2.45, 2.75) is 50.5 Å². The van der Waals surface area contributed by atoms with E-state index in [-0.39, 0.29) is 11.4 Å². The Morgan fingerprint density at radius 3 is 2.48 bits per heavy atom. The quantitative estimate of drug-likeness (QED) is 0.712. The van der Waals surface area contributed by atoms with E-state index >= 15 is 0 Å². The number of carbonyl (C=O) groups excluding carboxylic acids is 1. The molecule has 0 atom stereocenters. The van der Waals surface area contributed by atoms with Gasteiger partial charge in [0.25, 0.3) is 0 Å². The van der Waals surface area contributed by atoms with E-state index in [9.17, 15) is 4.79 Å². The zero-order valence-corrected chi connectivity index (χ0v) is 13.6. The molecular weight excluding hydrogens is 264 g/mol.